The van der Waals surface area contributed by atoms with E-state index in [-0.39, 0.29) is 5.91 Å². The fraction of sp³-hybridized carbons (Fsp3) is 0.200. The molecular formula is C15H17N3O. The Balaban J connectivity index is 1.92. The molecule has 0 unspecified atom stereocenters. The van der Waals surface area contributed by atoms with Crippen LogP contribution in [0.2, 0.25) is 0 Å². The van der Waals surface area contributed by atoms with Crippen molar-refractivity contribution in [3.05, 3.63) is 53.9 Å². The third-order valence-corrected chi connectivity index (χ3v) is 3.01. The molecule has 1 aromatic heterocycles. The maximum atomic E-state index is 11.9. The molecule has 98 valence electrons. The second-order valence-electron chi connectivity index (χ2n) is 4.44. The van der Waals surface area contributed by atoms with Crippen molar-refractivity contribution in [2.75, 3.05) is 11.1 Å². The predicted octanol–water partition coefficient (Wildman–Crippen LogP) is 2.54. The van der Waals surface area contributed by atoms with Crippen LogP contribution < -0.4 is 11.1 Å². The van der Waals surface area contributed by atoms with Gasteiger partial charge in [-0.25, -0.2) is 0 Å². The van der Waals surface area contributed by atoms with E-state index < -0.39 is 0 Å². The van der Waals surface area contributed by atoms with Crippen LogP contribution in [0, 0.1) is 6.92 Å². The van der Waals surface area contributed by atoms with Gasteiger partial charge >= 0.3 is 0 Å². The molecule has 0 bridgehead atoms. The second-order valence-corrected chi connectivity index (χ2v) is 4.44. The van der Waals surface area contributed by atoms with Crippen LogP contribution in [0.15, 0.2) is 42.7 Å². The van der Waals surface area contributed by atoms with E-state index in [4.69, 9.17) is 5.73 Å². The number of nitrogens with two attached hydrogens (primary N) is 1. The minimum atomic E-state index is -0.0406. The first-order valence-electron chi connectivity index (χ1n) is 6.20. The third-order valence-electron chi connectivity index (χ3n) is 3.01. The Morgan fingerprint density at radius 2 is 2.11 bits per heavy atom. The molecule has 0 aliphatic carbocycles. The molecule has 4 nitrogen and oxygen atoms in total. The van der Waals surface area contributed by atoms with Crippen molar-refractivity contribution in [3.63, 3.8) is 0 Å². The van der Waals surface area contributed by atoms with Gasteiger partial charge in [0.25, 0.3) is 0 Å². The van der Waals surface area contributed by atoms with Gasteiger partial charge in [0.2, 0.25) is 5.91 Å². The van der Waals surface area contributed by atoms with Crippen molar-refractivity contribution in [2.24, 2.45) is 0 Å². The SMILES string of the molecule is Cc1ccccc1CCC(=O)Nc1ccncc1N. The molecule has 1 aromatic carbocycles. The number of aryl methyl sites for hydroxylation is 2. The van der Waals surface area contributed by atoms with E-state index in [1.807, 2.05) is 31.2 Å². The summed E-state index contributed by atoms with van der Waals surface area (Å²) in [6.07, 6.45) is 4.29. The van der Waals surface area contributed by atoms with Crippen molar-refractivity contribution in [1.82, 2.24) is 4.98 Å². The molecule has 4 heteroatoms. The number of nitrogens with one attached hydrogen (secondary N) is 1. The van der Waals surface area contributed by atoms with E-state index >= 15 is 0 Å². The van der Waals surface area contributed by atoms with Crippen molar-refractivity contribution in [2.45, 2.75) is 19.8 Å². The number of rotatable bonds is 4. The van der Waals surface area contributed by atoms with Gasteiger partial charge in [0, 0.05) is 12.6 Å². The Hall–Kier alpha value is -2.36. The van der Waals surface area contributed by atoms with E-state index in [0.29, 0.717) is 17.8 Å². The van der Waals surface area contributed by atoms with Gasteiger partial charge < -0.3 is 11.1 Å². The minimum Gasteiger partial charge on any atom is -0.396 e. The van der Waals surface area contributed by atoms with Crippen molar-refractivity contribution < 1.29 is 4.79 Å². The lowest BCUT2D eigenvalue weighted by Gasteiger charge is -2.08. The van der Waals surface area contributed by atoms with E-state index in [2.05, 4.69) is 10.3 Å². The highest BCUT2D eigenvalue weighted by Gasteiger charge is 2.06. The lowest BCUT2D eigenvalue weighted by Crippen LogP contribution is -2.13. The first-order chi connectivity index (χ1) is 9.16. The number of aromatic nitrogens is 1. The summed E-state index contributed by atoms with van der Waals surface area (Å²) in [6.45, 7) is 2.05. The van der Waals surface area contributed by atoms with Gasteiger partial charge in [-0.2, -0.15) is 0 Å². The molecule has 3 N–H and O–H groups in total. The maximum absolute atomic E-state index is 11.9. The number of carbonyl (C=O) groups excluding carboxylic acids is 1. The summed E-state index contributed by atoms with van der Waals surface area (Å²) in [5.74, 6) is -0.0406. The molecule has 0 saturated heterocycles. The van der Waals surface area contributed by atoms with Crippen LogP contribution >= 0.6 is 0 Å². The Kier molecular flexibility index (Phi) is 4.13. The number of benzene rings is 1. The number of nitrogen functional groups attached to an aromatic ring is 1. The molecular weight excluding hydrogens is 238 g/mol. The lowest BCUT2D eigenvalue weighted by molar-refractivity contribution is -0.116. The molecule has 0 atom stereocenters. The van der Waals surface area contributed by atoms with Gasteiger partial charge in [-0.15, -0.1) is 0 Å². The highest BCUT2D eigenvalue weighted by atomic mass is 16.1. The lowest BCUT2D eigenvalue weighted by atomic mass is 10.0. The van der Waals surface area contributed by atoms with E-state index in [1.165, 1.54) is 17.3 Å². The van der Waals surface area contributed by atoms with Crippen LogP contribution in [0.4, 0.5) is 11.4 Å². The average Bonchev–Trinajstić information content (AvgIpc) is 2.40. The fourth-order valence-electron chi connectivity index (χ4n) is 1.87. The van der Waals surface area contributed by atoms with Crippen LogP contribution in [0.3, 0.4) is 0 Å². The molecule has 2 aromatic rings. The molecule has 19 heavy (non-hydrogen) atoms. The molecule has 0 aliphatic heterocycles. The average molecular weight is 255 g/mol. The Labute approximate surface area is 112 Å². The Morgan fingerprint density at radius 3 is 2.84 bits per heavy atom. The van der Waals surface area contributed by atoms with Crippen molar-refractivity contribution >= 4 is 17.3 Å². The number of anilines is 2. The van der Waals surface area contributed by atoms with Crippen LogP contribution in [-0.4, -0.2) is 10.9 Å². The summed E-state index contributed by atoms with van der Waals surface area (Å²) < 4.78 is 0. The minimum absolute atomic E-state index is 0.0406. The van der Waals surface area contributed by atoms with Gasteiger partial charge in [0.1, 0.15) is 0 Å². The molecule has 1 amide bonds. The number of pyridine rings is 1. The zero-order valence-electron chi connectivity index (χ0n) is 10.9. The summed E-state index contributed by atoms with van der Waals surface area (Å²) in [5.41, 5.74) is 9.22. The van der Waals surface area contributed by atoms with E-state index in [0.717, 1.165) is 6.42 Å². The zero-order chi connectivity index (χ0) is 13.7. The smallest absolute Gasteiger partial charge is 0.224 e. The van der Waals surface area contributed by atoms with Crippen LogP contribution in [0.5, 0.6) is 0 Å². The van der Waals surface area contributed by atoms with Crippen LogP contribution in [0.25, 0.3) is 0 Å². The van der Waals surface area contributed by atoms with E-state index in [1.54, 1.807) is 12.3 Å². The molecule has 0 spiro atoms. The maximum Gasteiger partial charge on any atom is 0.224 e. The Morgan fingerprint density at radius 1 is 1.32 bits per heavy atom. The standard InChI is InChI=1S/C15H17N3O/c1-11-4-2-3-5-12(11)6-7-15(19)18-14-8-9-17-10-13(14)16/h2-5,8-10H,6-7,16H2,1H3,(H,17,18,19). The van der Waals surface area contributed by atoms with Crippen LogP contribution in [0.1, 0.15) is 17.5 Å². The Bertz CT molecular complexity index is 581. The van der Waals surface area contributed by atoms with Crippen LogP contribution in [-0.2, 0) is 11.2 Å². The highest BCUT2D eigenvalue weighted by Crippen LogP contribution is 2.16. The second kappa shape index (κ2) is 6.00. The molecule has 1 heterocycles. The quantitative estimate of drug-likeness (QED) is 0.882. The third kappa shape index (κ3) is 3.55. The number of hydrogen-bond donors (Lipinski definition) is 2. The number of hydrogen-bond acceptors (Lipinski definition) is 3. The molecule has 0 radical (unpaired) electrons. The van der Waals surface area contributed by atoms with Gasteiger partial charge in [-0.1, -0.05) is 24.3 Å². The number of nitrogens with zero attached hydrogens (tertiary/aromatic N) is 1. The molecule has 0 aliphatic rings. The molecule has 2 rings (SSSR count). The highest BCUT2D eigenvalue weighted by molar-refractivity contribution is 5.93. The van der Waals surface area contributed by atoms with Crippen molar-refractivity contribution in [1.29, 1.82) is 0 Å². The normalized spacial score (nSPS) is 10.2. The van der Waals surface area contributed by atoms with Gasteiger partial charge in [0.05, 0.1) is 17.6 Å². The van der Waals surface area contributed by atoms with E-state index in [9.17, 15) is 4.79 Å². The summed E-state index contributed by atoms with van der Waals surface area (Å²) in [7, 11) is 0. The summed E-state index contributed by atoms with van der Waals surface area (Å²) in [6, 6.07) is 9.77. The predicted molar refractivity (Wildman–Crippen MR) is 76.8 cm³/mol. The number of amides is 1. The topological polar surface area (TPSA) is 68.0 Å². The fourth-order valence-corrected chi connectivity index (χ4v) is 1.87. The first-order valence-corrected chi connectivity index (χ1v) is 6.20. The zero-order valence-corrected chi connectivity index (χ0v) is 10.9. The first kappa shape index (κ1) is 13.1. The van der Waals surface area contributed by atoms with Gasteiger partial charge in [-0.05, 0) is 30.5 Å². The molecule has 0 saturated carbocycles. The monoisotopic (exact) mass is 255 g/mol. The summed E-state index contributed by atoms with van der Waals surface area (Å²) in [4.78, 5) is 15.7. The largest absolute Gasteiger partial charge is 0.396 e. The molecule has 0 fully saturated rings. The van der Waals surface area contributed by atoms with Gasteiger partial charge in [-0.3, -0.25) is 9.78 Å². The summed E-state index contributed by atoms with van der Waals surface area (Å²) >= 11 is 0. The van der Waals surface area contributed by atoms with Crippen molar-refractivity contribution in [3.8, 4) is 0 Å². The van der Waals surface area contributed by atoms with Gasteiger partial charge in [0.15, 0.2) is 0 Å². The number of carbonyl (C=O) groups is 1. The summed E-state index contributed by atoms with van der Waals surface area (Å²) in [5, 5.41) is 2.80.